The number of anilines is 1. The fourth-order valence-electron chi connectivity index (χ4n) is 1.52. The summed E-state index contributed by atoms with van der Waals surface area (Å²) in [5.41, 5.74) is 7.13. The minimum atomic E-state index is 0.0632. The number of likely N-dealkylation sites (N-methyl/N-ethyl adjacent to an activating group) is 1. The largest absolute Gasteiger partial charge is 0.384 e. The molecule has 0 unspecified atom stereocenters. The van der Waals surface area contributed by atoms with Gasteiger partial charge in [0.2, 0.25) is 0 Å². The highest BCUT2D eigenvalue weighted by Gasteiger charge is 2.11. The van der Waals surface area contributed by atoms with Gasteiger partial charge in [0.15, 0.2) is 0 Å². The van der Waals surface area contributed by atoms with Gasteiger partial charge < -0.3 is 15.4 Å². The third kappa shape index (κ3) is 2.93. The third-order valence-electron chi connectivity index (χ3n) is 2.38. The van der Waals surface area contributed by atoms with Gasteiger partial charge in [-0.3, -0.25) is 10.4 Å². The number of nitrogens with zero attached hydrogens (tertiary/aromatic N) is 2. The fourth-order valence-corrected chi connectivity index (χ4v) is 1.52. The lowest BCUT2D eigenvalue weighted by atomic mass is 10.2. The Kier molecular flexibility index (Phi) is 4.72. The number of nitrogens with two attached hydrogens (primary N) is 1. The van der Waals surface area contributed by atoms with Crippen molar-refractivity contribution in [1.82, 2.24) is 4.98 Å². The lowest BCUT2D eigenvalue weighted by Crippen LogP contribution is -2.29. The van der Waals surface area contributed by atoms with E-state index in [4.69, 9.17) is 15.9 Å². The van der Waals surface area contributed by atoms with Crippen molar-refractivity contribution in [2.75, 3.05) is 31.7 Å². The van der Waals surface area contributed by atoms with E-state index >= 15 is 0 Å². The zero-order valence-electron chi connectivity index (χ0n) is 9.73. The Morgan fingerprint density at radius 3 is 2.94 bits per heavy atom. The van der Waals surface area contributed by atoms with Gasteiger partial charge in [-0.2, -0.15) is 0 Å². The van der Waals surface area contributed by atoms with Gasteiger partial charge in [0.25, 0.3) is 0 Å². The summed E-state index contributed by atoms with van der Waals surface area (Å²) in [6, 6.07) is 1.76. The molecule has 0 aliphatic carbocycles. The predicted molar refractivity (Wildman–Crippen MR) is 65.0 cm³/mol. The van der Waals surface area contributed by atoms with Crippen LogP contribution in [0, 0.1) is 5.41 Å². The van der Waals surface area contributed by atoms with E-state index in [2.05, 4.69) is 9.88 Å². The Bertz CT molecular complexity index is 354. The zero-order valence-corrected chi connectivity index (χ0v) is 9.73. The first-order valence-electron chi connectivity index (χ1n) is 5.23. The van der Waals surface area contributed by atoms with Crippen LogP contribution in [-0.4, -0.2) is 37.6 Å². The molecule has 16 heavy (non-hydrogen) atoms. The molecule has 5 heteroatoms. The van der Waals surface area contributed by atoms with Gasteiger partial charge in [-0.25, -0.2) is 0 Å². The second-order valence-electron chi connectivity index (χ2n) is 3.38. The van der Waals surface area contributed by atoms with Crippen molar-refractivity contribution in [3.63, 3.8) is 0 Å². The molecule has 1 rings (SSSR count). The Hall–Kier alpha value is -1.62. The molecule has 0 atom stereocenters. The minimum absolute atomic E-state index is 0.0632. The molecule has 0 spiro atoms. The Labute approximate surface area is 95.7 Å². The van der Waals surface area contributed by atoms with Gasteiger partial charge in [0.1, 0.15) is 5.84 Å². The van der Waals surface area contributed by atoms with Crippen molar-refractivity contribution >= 4 is 11.5 Å². The first-order chi connectivity index (χ1) is 7.70. The summed E-state index contributed by atoms with van der Waals surface area (Å²) in [4.78, 5) is 6.16. The molecule has 0 fully saturated rings. The lowest BCUT2D eigenvalue weighted by Gasteiger charge is -2.24. The number of nitrogen functional groups attached to an aromatic ring is 1. The number of ether oxygens (including phenoxy) is 1. The summed E-state index contributed by atoms with van der Waals surface area (Å²) < 4.78 is 5.05. The van der Waals surface area contributed by atoms with Crippen LogP contribution in [0.15, 0.2) is 18.5 Å². The Morgan fingerprint density at radius 2 is 2.38 bits per heavy atom. The second kappa shape index (κ2) is 6.07. The molecule has 0 aliphatic heterocycles. The molecule has 88 valence electrons. The second-order valence-corrected chi connectivity index (χ2v) is 3.38. The molecular weight excluding hydrogens is 204 g/mol. The number of hydrogen-bond acceptors (Lipinski definition) is 4. The highest BCUT2D eigenvalue weighted by atomic mass is 16.5. The summed E-state index contributed by atoms with van der Waals surface area (Å²) in [6.07, 6.45) is 3.38. The summed E-state index contributed by atoms with van der Waals surface area (Å²) in [5, 5.41) is 7.51. The Balaban J connectivity index is 2.94. The molecule has 0 saturated heterocycles. The SMILES string of the molecule is CCN(CCOC)c1cnccc1C(=N)N. The van der Waals surface area contributed by atoms with E-state index in [1.807, 2.05) is 6.92 Å². The molecule has 0 aromatic carbocycles. The van der Waals surface area contributed by atoms with Crippen LogP contribution >= 0.6 is 0 Å². The van der Waals surface area contributed by atoms with Crippen LogP contribution in [0.1, 0.15) is 12.5 Å². The summed E-state index contributed by atoms with van der Waals surface area (Å²) in [7, 11) is 1.67. The van der Waals surface area contributed by atoms with Crippen molar-refractivity contribution < 1.29 is 4.74 Å². The standard InChI is InChI=1S/C11H18N4O/c1-3-15(6-7-16-2)10-8-14-5-4-9(10)11(12)13/h4-5,8H,3,6-7H2,1-2H3,(H3,12,13). The van der Waals surface area contributed by atoms with Crippen LogP contribution in [0.5, 0.6) is 0 Å². The maximum absolute atomic E-state index is 7.51. The molecule has 0 radical (unpaired) electrons. The van der Waals surface area contributed by atoms with Crippen molar-refractivity contribution in [2.45, 2.75) is 6.92 Å². The number of rotatable bonds is 6. The van der Waals surface area contributed by atoms with Crippen molar-refractivity contribution in [3.05, 3.63) is 24.0 Å². The number of amidine groups is 1. The monoisotopic (exact) mass is 222 g/mol. The van der Waals surface area contributed by atoms with Gasteiger partial charge >= 0.3 is 0 Å². The average molecular weight is 222 g/mol. The smallest absolute Gasteiger partial charge is 0.125 e. The zero-order chi connectivity index (χ0) is 12.0. The maximum atomic E-state index is 7.51. The topological polar surface area (TPSA) is 75.2 Å². The molecule has 5 nitrogen and oxygen atoms in total. The molecule has 0 bridgehead atoms. The summed E-state index contributed by atoms with van der Waals surface area (Å²) in [6.45, 7) is 4.28. The van der Waals surface area contributed by atoms with Gasteiger partial charge in [-0.05, 0) is 13.0 Å². The molecule has 0 aliphatic rings. The lowest BCUT2D eigenvalue weighted by molar-refractivity contribution is 0.205. The van der Waals surface area contributed by atoms with Crippen LogP contribution in [-0.2, 0) is 4.74 Å². The Morgan fingerprint density at radius 1 is 1.62 bits per heavy atom. The molecule has 1 aromatic heterocycles. The van der Waals surface area contributed by atoms with Crippen LogP contribution < -0.4 is 10.6 Å². The van der Waals surface area contributed by atoms with E-state index in [0.717, 1.165) is 18.8 Å². The quantitative estimate of drug-likeness (QED) is 0.552. The number of hydrogen-bond donors (Lipinski definition) is 2. The molecule has 1 heterocycles. The third-order valence-corrected chi connectivity index (χ3v) is 2.38. The van der Waals surface area contributed by atoms with Crippen LogP contribution in [0.4, 0.5) is 5.69 Å². The van der Waals surface area contributed by atoms with E-state index in [0.29, 0.717) is 12.2 Å². The van der Waals surface area contributed by atoms with E-state index < -0.39 is 0 Å². The number of nitrogens with one attached hydrogen (secondary N) is 1. The summed E-state index contributed by atoms with van der Waals surface area (Å²) >= 11 is 0. The highest BCUT2D eigenvalue weighted by Crippen LogP contribution is 2.17. The highest BCUT2D eigenvalue weighted by molar-refractivity contribution is 6.00. The van der Waals surface area contributed by atoms with Gasteiger partial charge in [-0.1, -0.05) is 0 Å². The molecule has 1 aromatic rings. The molecule has 0 amide bonds. The maximum Gasteiger partial charge on any atom is 0.125 e. The first-order valence-corrected chi connectivity index (χ1v) is 5.23. The van der Waals surface area contributed by atoms with E-state index in [-0.39, 0.29) is 5.84 Å². The van der Waals surface area contributed by atoms with Gasteiger partial charge in [0.05, 0.1) is 18.5 Å². The van der Waals surface area contributed by atoms with Gasteiger partial charge in [-0.15, -0.1) is 0 Å². The van der Waals surface area contributed by atoms with E-state index in [1.54, 1.807) is 25.6 Å². The predicted octanol–water partition coefficient (Wildman–Crippen LogP) is 0.838. The number of aromatic nitrogens is 1. The first kappa shape index (κ1) is 12.4. The molecular formula is C11H18N4O. The minimum Gasteiger partial charge on any atom is -0.384 e. The van der Waals surface area contributed by atoms with Crippen LogP contribution in [0.3, 0.4) is 0 Å². The van der Waals surface area contributed by atoms with E-state index in [9.17, 15) is 0 Å². The average Bonchev–Trinajstić information content (AvgIpc) is 2.30. The molecule has 3 N–H and O–H groups in total. The van der Waals surface area contributed by atoms with Crippen molar-refractivity contribution in [1.29, 1.82) is 5.41 Å². The number of methoxy groups -OCH3 is 1. The fraction of sp³-hybridized carbons (Fsp3) is 0.455. The van der Waals surface area contributed by atoms with Crippen LogP contribution in [0.2, 0.25) is 0 Å². The van der Waals surface area contributed by atoms with E-state index in [1.165, 1.54) is 0 Å². The van der Waals surface area contributed by atoms with Crippen LogP contribution in [0.25, 0.3) is 0 Å². The molecule has 0 saturated carbocycles. The normalized spacial score (nSPS) is 10.1. The summed E-state index contributed by atoms with van der Waals surface area (Å²) in [5.74, 6) is 0.0632. The number of pyridine rings is 1. The van der Waals surface area contributed by atoms with Crippen molar-refractivity contribution in [2.24, 2.45) is 5.73 Å². The van der Waals surface area contributed by atoms with Crippen molar-refractivity contribution in [3.8, 4) is 0 Å². The van der Waals surface area contributed by atoms with Gasteiger partial charge in [0, 0.05) is 32.0 Å².